The van der Waals surface area contributed by atoms with Gasteiger partial charge in [-0.25, -0.2) is 9.59 Å². The molecule has 4 atom stereocenters. The highest BCUT2D eigenvalue weighted by Gasteiger charge is 2.47. The van der Waals surface area contributed by atoms with Crippen molar-refractivity contribution < 1.29 is 49.5 Å². The minimum Gasteiger partial charge on any atom is -0.543 e. The third-order valence-corrected chi connectivity index (χ3v) is 6.47. The van der Waals surface area contributed by atoms with Crippen molar-refractivity contribution in [1.29, 1.82) is 0 Å². The lowest BCUT2D eigenvalue weighted by Gasteiger charge is -2.48. The van der Waals surface area contributed by atoms with Gasteiger partial charge in [0, 0.05) is 37.8 Å². The molecular formula is C24H42N4O8. The summed E-state index contributed by atoms with van der Waals surface area (Å²) < 4.78 is 10.7. The topological polar surface area (TPSA) is 173 Å². The second kappa shape index (κ2) is 12.1. The number of rotatable bonds is 0. The monoisotopic (exact) mass is 514 g/mol. The number of quaternary nitrogens is 2. The van der Waals surface area contributed by atoms with E-state index in [0.717, 1.165) is 38.0 Å². The molecule has 206 valence electrons. The summed E-state index contributed by atoms with van der Waals surface area (Å²) in [7, 11) is 0. The van der Waals surface area contributed by atoms with E-state index in [1.54, 1.807) is 0 Å². The first-order chi connectivity index (χ1) is 16.6. The number of fused-ring (bicyclic) bond motifs is 2. The molecule has 4 saturated heterocycles. The van der Waals surface area contributed by atoms with Crippen LogP contribution in [-0.2, 0) is 19.1 Å². The van der Waals surface area contributed by atoms with Crippen LogP contribution in [0, 0.1) is 11.8 Å². The molecule has 2 amide bonds. The maximum absolute atomic E-state index is 11.8. The van der Waals surface area contributed by atoms with Gasteiger partial charge in [-0.3, -0.25) is 9.80 Å². The summed E-state index contributed by atoms with van der Waals surface area (Å²) >= 11 is 0. The zero-order valence-corrected chi connectivity index (χ0v) is 22.3. The number of piperidine rings is 2. The third-order valence-electron chi connectivity index (χ3n) is 6.47. The minimum atomic E-state index is -2.19. The molecule has 36 heavy (non-hydrogen) atoms. The number of amides is 2. The van der Waals surface area contributed by atoms with Crippen molar-refractivity contribution >= 4 is 24.1 Å². The number of nitrogens with zero attached hydrogens (tertiary/aromatic N) is 2. The van der Waals surface area contributed by atoms with Crippen LogP contribution >= 0.6 is 0 Å². The van der Waals surface area contributed by atoms with Gasteiger partial charge in [0.1, 0.15) is 11.2 Å². The number of carbonyl (C=O) groups is 4. The molecule has 12 nitrogen and oxygen atoms in total. The third kappa shape index (κ3) is 8.81. The number of likely N-dealkylation sites (tertiary alicyclic amines) is 2. The lowest BCUT2D eigenvalue weighted by atomic mass is 9.83. The minimum absolute atomic E-state index is 0.140. The van der Waals surface area contributed by atoms with Crippen molar-refractivity contribution in [2.24, 2.45) is 11.8 Å². The Labute approximate surface area is 212 Å². The predicted octanol–water partition coefficient (Wildman–Crippen LogP) is -3.14. The van der Waals surface area contributed by atoms with Crippen LogP contribution in [0.1, 0.15) is 54.4 Å². The van der Waals surface area contributed by atoms with E-state index in [1.807, 2.05) is 51.3 Å². The van der Waals surface area contributed by atoms with Crippen molar-refractivity contribution in [3.8, 4) is 0 Å². The van der Waals surface area contributed by atoms with E-state index < -0.39 is 11.9 Å². The number of ether oxygens (including phenoxy) is 2. The number of hydrogen-bond donors (Lipinski definition) is 2. The van der Waals surface area contributed by atoms with Crippen molar-refractivity contribution in [1.82, 2.24) is 9.80 Å². The lowest BCUT2D eigenvalue weighted by Crippen LogP contribution is -2.92. The fourth-order valence-corrected chi connectivity index (χ4v) is 4.76. The molecule has 0 spiro atoms. The second-order valence-electron chi connectivity index (χ2n) is 11.7. The summed E-state index contributed by atoms with van der Waals surface area (Å²) in [4.78, 5) is 45.2. The van der Waals surface area contributed by atoms with Gasteiger partial charge >= 0.3 is 12.2 Å². The van der Waals surface area contributed by atoms with Crippen LogP contribution in [0.4, 0.5) is 9.59 Å². The Morgan fingerprint density at radius 2 is 1.03 bits per heavy atom. The zero-order chi connectivity index (χ0) is 27.3. The first-order valence-corrected chi connectivity index (χ1v) is 12.6. The molecule has 0 aromatic carbocycles. The van der Waals surface area contributed by atoms with E-state index in [9.17, 15) is 9.59 Å². The molecule has 0 unspecified atom stereocenters. The first kappa shape index (κ1) is 29.6. The van der Waals surface area contributed by atoms with Gasteiger partial charge in [0.05, 0.1) is 50.2 Å². The summed E-state index contributed by atoms with van der Waals surface area (Å²) in [6.07, 6.45) is 2.20. The number of carbonyl (C=O) groups excluding carboxylic acids is 4. The van der Waals surface area contributed by atoms with Gasteiger partial charge in [-0.05, 0) is 41.5 Å². The zero-order valence-electron chi connectivity index (χ0n) is 22.3. The van der Waals surface area contributed by atoms with E-state index in [0.29, 0.717) is 12.1 Å². The van der Waals surface area contributed by atoms with Gasteiger partial charge < -0.3 is 39.9 Å². The molecule has 0 saturated carbocycles. The molecule has 0 bridgehead atoms. The lowest BCUT2D eigenvalue weighted by molar-refractivity contribution is -0.673. The largest absolute Gasteiger partial charge is 0.543 e. The number of aliphatic carboxylic acids is 2. The standard InChI is InChI=1S/2C11H20N2O2.C2H2O4/c2*1-11(2,3)15-10(14)13-7-8-4-5-12-6-9(8)13;3-1(4)2(5)6/h2*8-9,12H,4-7H2,1-3H3;(H,3,4)(H,5,6)/t2*8-,9-;/m00./s1. The molecule has 4 N–H and O–H groups in total. The Balaban J connectivity index is 0.000000208. The molecule has 0 aliphatic carbocycles. The van der Waals surface area contributed by atoms with Gasteiger partial charge in [0.15, 0.2) is 0 Å². The summed E-state index contributed by atoms with van der Waals surface area (Å²) in [6.45, 7) is 17.8. The first-order valence-electron chi connectivity index (χ1n) is 12.6. The molecule has 4 heterocycles. The Morgan fingerprint density at radius 3 is 1.28 bits per heavy atom. The highest BCUT2D eigenvalue weighted by atomic mass is 16.6. The predicted molar refractivity (Wildman–Crippen MR) is 123 cm³/mol. The Hall–Kier alpha value is -2.60. The number of carboxylic acid groups (broad SMARTS) is 2. The quantitative estimate of drug-likeness (QED) is 0.319. The Bertz CT molecular complexity index is 741. The van der Waals surface area contributed by atoms with E-state index in [1.165, 1.54) is 25.9 Å². The van der Waals surface area contributed by atoms with Crippen molar-refractivity contribution in [2.45, 2.75) is 77.7 Å². The van der Waals surface area contributed by atoms with Gasteiger partial charge in [-0.2, -0.15) is 0 Å². The van der Waals surface area contributed by atoms with Gasteiger partial charge in [-0.15, -0.1) is 0 Å². The average Bonchev–Trinajstić information content (AvgIpc) is 2.68. The molecule has 4 rings (SSSR count). The Kier molecular flexibility index (Phi) is 9.95. The molecule has 0 radical (unpaired) electrons. The van der Waals surface area contributed by atoms with Crippen LogP contribution in [0.5, 0.6) is 0 Å². The van der Waals surface area contributed by atoms with Crippen LogP contribution in [0.25, 0.3) is 0 Å². The fourth-order valence-electron chi connectivity index (χ4n) is 4.76. The van der Waals surface area contributed by atoms with Crippen molar-refractivity contribution in [3.63, 3.8) is 0 Å². The summed E-state index contributed by atoms with van der Waals surface area (Å²) in [6, 6.07) is 0.849. The fraction of sp³-hybridized carbons (Fsp3) is 0.833. The van der Waals surface area contributed by atoms with Crippen LogP contribution in [-0.4, -0.2) is 96.5 Å². The molecular weight excluding hydrogens is 472 g/mol. The maximum atomic E-state index is 11.8. The number of carboxylic acids is 2. The van der Waals surface area contributed by atoms with Gasteiger partial charge in [0.2, 0.25) is 0 Å². The molecule has 4 aliphatic heterocycles. The second-order valence-corrected chi connectivity index (χ2v) is 11.7. The smallest absolute Gasteiger partial charge is 0.410 e. The molecule has 12 heteroatoms. The number of nitrogens with two attached hydrogens (primary N) is 2. The average molecular weight is 515 g/mol. The van der Waals surface area contributed by atoms with E-state index in [-0.39, 0.29) is 23.4 Å². The molecule has 4 aliphatic rings. The normalized spacial score (nSPS) is 26.6. The van der Waals surface area contributed by atoms with Gasteiger partial charge in [-0.1, -0.05) is 0 Å². The van der Waals surface area contributed by atoms with E-state index in [2.05, 4.69) is 10.6 Å². The van der Waals surface area contributed by atoms with Crippen molar-refractivity contribution in [3.05, 3.63) is 0 Å². The molecule has 0 aromatic heterocycles. The van der Waals surface area contributed by atoms with E-state index in [4.69, 9.17) is 29.3 Å². The maximum Gasteiger partial charge on any atom is 0.410 e. The molecule has 4 fully saturated rings. The highest BCUT2D eigenvalue weighted by Crippen LogP contribution is 2.30. The van der Waals surface area contributed by atoms with Crippen molar-refractivity contribution in [2.75, 3.05) is 39.3 Å². The summed E-state index contributed by atoms with van der Waals surface area (Å²) in [5, 5.41) is 22.4. The highest BCUT2D eigenvalue weighted by molar-refractivity contribution is 6.25. The number of hydrogen-bond acceptors (Lipinski definition) is 8. The summed E-state index contributed by atoms with van der Waals surface area (Å²) in [5.74, 6) is -2.92. The van der Waals surface area contributed by atoms with Crippen LogP contribution < -0.4 is 20.8 Å². The van der Waals surface area contributed by atoms with Gasteiger partial charge in [0.25, 0.3) is 0 Å². The van der Waals surface area contributed by atoms with Crippen LogP contribution in [0.3, 0.4) is 0 Å². The molecule has 0 aromatic rings. The summed E-state index contributed by atoms with van der Waals surface area (Å²) in [5.41, 5.74) is -0.749. The SMILES string of the molecule is CC(C)(C)OC(=O)N1C[C@@H]2CC[NH2+]C[C@@H]21.CC(C)(C)OC(=O)N1C[C@@H]2CC[NH2+]C[C@@H]21.O=C([O-])C(=O)[O-]. The van der Waals surface area contributed by atoms with Crippen LogP contribution in [0.2, 0.25) is 0 Å². The van der Waals surface area contributed by atoms with Crippen LogP contribution in [0.15, 0.2) is 0 Å². The van der Waals surface area contributed by atoms with E-state index >= 15 is 0 Å². The Morgan fingerprint density at radius 1 is 0.694 bits per heavy atom.